The van der Waals surface area contributed by atoms with Gasteiger partial charge < -0.3 is 14.6 Å². The number of amides is 1. The second-order valence-electron chi connectivity index (χ2n) is 7.81. The minimum Gasteiger partial charge on any atom is -0.421 e. The van der Waals surface area contributed by atoms with Gasteiger partial charge in [0.2, 0.25) is 5.91 Å². The van der Waals surface area contributed by atoms with Crippen LogP contribution in [0.4, 0.5) is 11.5 Å². The lowest BCUT2D eigenvalue weighted by molar-refractivity contribution is -0.120. The van der Waals surface area contributed by atoms with Gasteiger partial charge in [-0.25, -0.2) is 19.7 Å². The molecular formula is C23H22N6O3. The maximum Gasteiger partial charge on any atom is 0.360 e. The summed E-state index contributed by atoms with van der Waals surface area (Å²) in [5, 5.41) is 3.53. The van der Waals surface area contributed by atoms with Crippen LogP contribution in [-0.4, -0.2) is 38.5 Å². The highest BCUT2D eigenvalue weighted by Gasteiger charge is 2.26. The van der Waals surface area contributed by atoms with Crippen LogP contribution in [0.15, 0.2) is 64.3 Å². The summed E-state index contributed by atoms with van der Waals surface area (Å²) in [4.78, 5) is 40.2. The molecule has 0 atom stereocenters. The number of piperidine rings is 1. The van der Waals surface area contributed by atoms with E-state index in [9.17, 15) is 9.59 Å². The van der Waals surface area contributed by atoms with Crippen LogP contribution in [0.25, 0.3) is 16.8 Å². The number of carbonyl (C=O) groups excluding carboxylic acids is 1. The van der Waals surface area contributed by atoms with Crippen molar-refractivity contribution in [3.05, 3.63) is 71.4 Å². The van der Waals surface area contributed by atoms with Crippen LogP contribution in [0, 0.1) is 12.8 Å². The molecule has 32 heavy (non-hydrogen) atoms. The molecule has 4 aromatic rings. The molecule has 1 amide bonds. The number of fused-ring (bicyclic) bond motifs is 1. The van der Waals surface area contributed by atoms with E-state index in [-0.39, 0.29) is 17.5 Å². The Balaban J connectivity index is 1.25. The van der Waals surface area contributed by atoms with Crippen molar-refractivity contribution >= 4 is 28.4 Å². The first-order valence-corrected chi connectivity index (χ1v) is 10.5. The first kappa shape index (κ1) is 19.9. The number of carbonyl (C=O) groups is 1. The summed E-state index contributed by atoms with van der Waals surface area (Å²) in [6.07, 6.45) is 6.46. The van der Waals surface area contributed by atoms with Gasteiger partial charge >= 0.3 is 5.63 Å². The molecule has 1 N–H and O–H groups in total. The molecule has 0 saturated carbocycles. The molecule has 4 heterocycles. The fraction of sp³-hybridized carbons (Fsp3) is 0.261. The molecule has 5 rings (SSSR count). The van der Waals surface area contributed by atoms with Crippen molar-refractivity contribution in [1.29, 1.82) is 0 Å². The van der Waals surface area contributed by atoms with Crippen LogP contribution in [-0.2, 0) is 4.79 Å². The molecule has 9 heteroatoms. The molecule has 1 saturated heterocycles. The minimum absolute atomic E-state index is 0.162. The summed E-state index contributed by atoms with van der Waals surface area (Å²) in [5.74, 6) is 2.08. The predicted molar refractivity (Wildman–Crippen MR) is 120 cm³/mol. The number of imidazole rings is 1. The lowest BCUT2D eigenvalue weighted by Crippen LogP contribution is -2.39. The van der Waals surface area contributed by atoms with E-state index < -0.39 is 5.63 Å². The highest BCUT2D eigenvalue weighted by molar-refractivity contribution is 5.94. The zero-order chi connectivity index (χ0) is 22.1. The number of para-hydroxylation sites is 1. The van der Waals surface area contributed by atoms with Crippen molar-refractivity contribution in [2.24, 2.45) is 5.92 Å². The average molecular weight is 430 g/mol. The highest BCUT2D eigenvalue weighted by Crippen LogP contribution is 2.24. The van der Waals surface area contributed by atoms with E-state index in [1.165, 1.54) is 0 Å². The standard InChI is InChI=1S/C23H22N6O3/c1-15-24-8-11-29(15)21-13-20(25-14-26-21)28-9-6-16(7-10-28)22(30)27-18-12-17-4-2-3-5-19(17)32-23(18)31/h2-5,8,11-14,16H,6-7,9-10H2,1H3,(H,27,30). The molecule has 9 nitrogen and oxygen atoms in total. The first-order valence-electron chi connectivity index (χ1n) is 10.5. The molecule has 1 aliphatic heterocycles. The molecule has 1 aliphatic rings. The zero-order valence-electron chi connectivity index (χ0n) is 17.6. The fourth-order valence-electron chi connectivity index (χ4n) is 4.02. The van der Waals surface area contributed by atoms with E-state index in [0.29, 0.717) is 31.5 Å². The maximum atomic E-state index is 12.8. The minimum atomic E-state index is -0.544. The van der Waals surface area contributed by atoms with Crippen molar-refractivity contribution in [1.82, 2.24) is 19.5 Å². The van der Waals surface area contributed by atoms with E-state index in [1.54, 1.807) is 30.7 Å². The SMILES string of the molecule is Cc1nccn1-c1cc(N2CCC(C(=O)Nc3cc4ccccc4oc3=O)CC2)ncn1. The molecule has 0 aliphatic carbocycles. The Morgan fingerprint density at radius 2 is 1.88 bits per heavy atom. The van der Waals surface area contributed by atoms with E-state index in [0.717, 1.165) is 22.8 Å². The second kappa shape index (κ2) is 8.26. The second-order valence-corrected chi connectivity index (χ2v) is 7.81. The van der Waals surface area contributed by atoms with Crippen LogP contribution < -0.4 is 15.8 Å². The summed E-state index contributed by atoms with van der Waals surface area (Å²) < 4.78 is 7.21. The summed E-state index contributed by atoms with van der Waals surface area (Å²) in [5.41, 5.74) is 0.129. The van der Waals surface area contributed by atoms with E-state index >= 15 is 0 Å². The van der Waals surface area contributed by atoms with Crippen LogP contribution in [0.2, 0.25) is 0 Å². The van der Waals surface area contributed by atoms with Crippen molar-refractivity contribution < 1.29 is 9.21 Å². The van der Waals surface area contributed by atoms with Gasteiger partial charge in [-0.05, 0) is 31.9 Å². The molecule has 0 unspecified atom stereocenters. The molecule has 0 radical (unpaired) electrons. The Labute approximate surface area is 183 Å². The smallest absolute Gasteiger partial charge is 0.360 e. The topological polar surface area (TPSA) is 106 Å². The van der Waals surface area contributed by atoms with Gasteiger partial charge in [0.25, 0.3) is 0 Å². The average Bonchev–Trinajstić information content (AvgIpc) is 3.25. The van der Waals surface area contributed by atoms with Crippen LogP contribution in [0.1, 0.15) is 18.7 Å². The van der Waals surface area contributed by atoms with Crippen LogP contribution in [0.5, 0.6) is 0 Å². The number of hydrogen-bond donors (Lipinski definition) is 1. The molecule has 0 bridgehead atoms. The Morgan fingerprint density at radius 3 is 2.66 bits per heavy atom. The molecule has 1 fully saturated rings. The first-order chi connectivity index (χ1) is 15.6. The molecular weight excluding hydrogens is 408 g/mol. The third-order valence-corrected chi connectivity index (χ3v) is 5.80. The summed E-state index contributed by atoms with van der Waals surface area (Å²) >= 11 is 0. The van der Waals surface area contributed by atoms with Gasteiger partial charge in [0, 0.05) is 42.9 Å². The predicted octanol–water partition coefficient (Wildman–Crippen LogP) is 2.93. The van der Waals surface area contributed by atoms with Crippen LogP contribution >= 0.6 is 0 Å². The van der Waals surface area contributed by atoms with Gasteiger partial charge in [0.05, 0.1) is 0 Å². The lowest BCUT2D eigenvalue weighted by atomic mass is 9.96. The Kier molecular flexibility index (Phi) is 5.14. The van der Waals surface area contributed by atoms with Crippen molar-refractivity contribution in [2.75, 3.05) is 23.3 Å². The number of anilines is 2. The Hall–Kier alpha value is -4.01. The van der Waals surface area contributed by atoms with E-state index in [2.05, 4.69) is 25.2 Å². The largest absolute Gasteiger partial charge is 0.421 e. The molecule has 1 aromatic carbocycles. The Morgan fingerprint density at radius 1 is 1.09 bits per heavy atom. The van der Waals surface area contributed by atoms with Crippen LogP contribution in [0.3, 0.4) is 0 Å². The quantitative estimate of drug-likeness (QED) is 0.496. The summed E-state index contributed by atoms with van der Waals surface area (Å²) in [6.45, 7) is 3.29. The Bertz CT molecular complexity index is 1340. The lowest BCUT2D eigenvalue weighted by Gasteiger charge is -2.32. The van der Waals surface area contributed by atoms with Crippen molar-refractivity contribution in [3.8, 4) is 5.82 Å². The summed E-state index contributed by atoms with van der Waals surface area (Å²) in [6, 6.07) is 10.8. The third kappa shape index (κ3) is 3.84. The van der Waals surface area contributed by atoms with Crippen molar-refractivity contribution in [3.63, 3.8) is 0 Å². The normalized spacial score (nSPS) is 14.6. The monoisotopic (exact) mass is 430 g/mol. The molecule has 0 spiro atoms. The number of rotatable bonds is 4. The maximum absolute atomic E-state index is 12.8. The number of nitrogens with zero attached hydrogens (tertiary/aromatic N) is 5. The zero-order valence-corrected chi connectivity index (χ0v) is 17.6. The van der Waals surface area contributed by atoms with Gasteiger partial charge in [-0.1, -0.05) is 18.2 Å². The highest BCUT2D eigenvalue weighted by atomic mass is 16.4. The van der Waals surface area contributed by atoms with Gasteiger partial charge in [-0.2, -0.15) is 0 Å². The number of aromatic nitrogens is 4. The van der Waals surface area contributed by atoms with Gasteiger partial charge in [0.15, 0.2) is 0 Å². The fourth-order valence-corrected chi connectivity index (χ4v) is 4.02. The van der Waals surface area contributed by atoms with E-state index in [1.807, 2.05) is 35.9 Å². The van der Waals surface area contributed by atoms with E-state index in [4.69, 9.17) is 4.42 Å². The molecule has 3 aromatic heterocycles. The van der Waals surface area contributed by atoms with Gasteiger partial charge in [-0.15, -0.1) is 0 Å². The number of hydrogen-bond acceptors (Lipinski definition) is 7. The van der Waals surface area contributed by atoms with Gasteiger partial charge in [-0.3, -0.25) is 9.36 Å². The summed E-state index contributed by atoms with van der Waals surface area (Å²) in [7, 11) is 0. The number of aryl methyl sites for hydroxylation is 1. The third-order valence-electron chi connectivity index (χ3n) is 5.80. The van der Waals surface area contributed by atoms with Gasteiger partial charge in [0.1, 0.15) is 35.1 Å². The number of benzene rings is 1. The van der Waals surface area contributed by atoms with Crippen molar-refractivity contribution in [2.45, 2.75) is 19.8 Å². The molecule has 162 valence electrons. The number of nitrogens with one attached hydrogen (secondary N) is 1.